The number of aryl methyl sites for hydroxylation is 1. The van der Waals surface area contributed by atoms with Crippen LogP contribution in [0.15, 0.2) is 24.3 Å². The van der Waals surface area contributed by atoms with Gasteiger partial charge in [0.1, 0.15) is 0 Å². The van der Waals surface area contributed by atoms with Crippen LogP contribution in [-0.2, 0) is 6.42 Å². The molecule has 1 aromatic rings. The molecule has 16 heavy (non-hydrogen) atoms. The van der Waals surface area contributed by atoms with Crippen LogP contribution >= 0.6 is 9.24 Å². The average Bonchev–Trinajstić information content (AvgIpc) is 2.30. The Kier molecular flexibility index (Phi) is 7.51. The smallest absolute Gasteiger partial charge is 0.0271 e. The van der Waals surface area contributed by atoms with Crippen LogP contribution in [0.5, 0.6) is 0 Å². The molecular weight excluding hydrogens is 211 g/mol. The van der Waals surface area contributed by atoms with Crippen molar-refractivity contribution in [3.63, 3.8) is 0 Å². The van der Waals surface area contributed by atoms with Gasteiger partial charge < -0.3 is 0 Å². The fourth-order valence-corrected chi connectivity index (χ4v) is 2.39. The maximum atomic E-state index is 2.83. The third-order valence-corrected chi connectivity index (χ3v) is 3.67. The Bertz CT molecular complexity index is 281. The lowest BCUT2D eigenvalue weighted by Gasteiger charge is -2.05. The first-order valence-corrected chi connectivity index (χ1v) is 7.25. The molecule has 0 spiro atoms. The second kappa shape index (κ2) is 8.76. The minimum absolute atomic E-state index is 1.24. The van der Waals surface area contributed by atoms with Crippen LogP contribution in [0.3, 0.4) is 0 Å². The Labute approximate surface area is 103 Å². The van der Waals surface area contributed by atoms with Gasteiger partial charge in [0, 0.05) is 0 Å². The third kappa shape index (κ3) is 5.66. The number of hydrogen-bond donors (Lipinski definition) is 0. The molecular formula is C15H25P. The van der Waals surface area contributed by atoms with Gasteiger partial charge in [-0.2, -0.15) is 0 Å². The van der Waals surface area contributed by atoms with Crippen molar-refractivity contribution in [1.82, 2.24) is 0 Å². The minimum Gasteiger partial charge on any atom is -0.105 e. The van der Waals surface area contributed by atoms with E-state index < -0.39 is 0 Å². The summed E-state index contributed by atoms with van der Waals surface area (Å²) < 4.78 is 0. The molecule has 0 aliphatic heterocycles. The zero-order valence-corrected chi connectivity index (χ0v) is 11.7. The highest BCUT2D eigenvalue weighted by Crippen LogP contribution is 2.10. The van der Waals surface area contributed by atoms with Crippen molar-refractivity contribution < 1.29 is 0 Å². The summed E-state index contributed by atoms with van der Waals surface area (Å²) >= 11 is 0. The fraction of sp³-hybridized carbons (Fsp3) is 0.600. The van der Waals surface area contributed by atoms with Gasteiger partial charge in [-0.3, -0.25) is 0 Å². The maximum absolute atomic E-state index is 2.83. The molecule has 1 heteroatoms. The first kappa shape index (κ1) is 13.7. The molecule has 0 radical (unpaired) electrons. The predicted octanol–water partition coefficient (Wildman–Crippen LogP) is 4.48. The molecule has 0 amide bonds. The van der Waals surface area contributed by atoms with Gasteiger partial charge in [-0.25, -0.2) is 0 Å². The molecule has 0 aliphatic rings. The van der Waals surface area contributed by atoms with Gasteiger partial charge in [0.15, 0.2) is 0 Å². The second-order valence-corrected chi connectivity index (χ2v) is 5.19. The fourth-order valence-electron chi connectivity index (χ4n) is 2.03. The zero-order valence-electron chi connectivity index (χ0n) is 10.5. The van der Waals surface area contributed by atoms with Crippen LogP contribution in [-0.4, -0.2) is 0 Å². The van der Waals surface area contributed by atoms with E-state index in [1.54, 1.807) is 0 Å². The van der Waals surface area contributed by atoms with Crippen molar-refractivity contribution in [1.29, 1.82) is 0 Å². The van der Waals surface area contributed by atoms with Crippen molar-refractivity contribution in [3.8, 4) is 0 Å². The highest BCUT2D eigenvalue weighted by atomic mass is 31.0. The quantitative estimate of drug-likeness (QED) is 0.461. The van der Waals surface area contributed by atoms with E-state index in [1.807, 2.05) is 0 Å². The lowest BCUT2D eigenvalue weighted by molar-refractivity contribution is 0.589. The molecule has 90 valence electrons. The van der Waals surface area contributed by atoms with E-state index in [2.05, 4.69) is 40.4 Å². The van der Waals surface area contributed by atoms with Crippen LogP contribution in [0.4, 0.5) is 0 Å². The molecule has 0 aliphatic carbocycles. The SMILES string of the molecule is CCCCCCCCCc1ccccc1P. The van der Waals surface area contributed by atoms with Crippen LogP contribution in [0.2, 0.25) is 0 Å². The zero-order chi connectivity index (χ0) is 11.6. The van der Waals surface area contributed by atoms with Crippen LogP contribution in [0, 0.1) is 0 Å². The Morgan fingerprint density at radius 1 is 0.875 bits per heavy atom. The summed E-state index contributed by atoms with van der Waals surface area (Å²) in [5.41, 5.74) is 1.50. The van der Waals surface area contributed by atoms with E-state index >= 15 is 0 Å². The van der Waals surface area contributed by atoms with Crippen molar-refractivity contribution >= 4 is 14.5 Å². The monoisotopic (exact) mass is 236 g/mol. The molecule has 1 unspecified atom stereocenters. The molecule has 0 N–H and O–H groups in total. The highest BCUT2D eigenvalue weighted by molar-refractivity contribution is 7.27. The molecule has 0 heterocycles. The van der Waals surface area contributed by atoms with Crippen molar-refractivity contribution in [2.75, 3.05) is 0 Å². The molecule has 1 aromatic carbocycles. The van der Waals surface area contributed by atoms with Crippen molar-refractivity contribution in [3.05, 3.63) is 29.8 Å². The Morgan fingerprint density at radius 2 is 1.50 bits per heavy atom. The van der Waals surface area contributed by atoms with Gasteiger partial charge >= 0.3 is 0 Å². The lowest BCUT2D eigenvalue weighted by Crippen LogP contribution is -2.00. The van der Waals surface area contributed by atoms with Crippen LogP contribution in [0.1, 0.15) is 57.4 Å². The van der Waals surface area contributed by atoms with E-state index in [-0.39, 0.29) is 0 Å². The number of benzene rings is 1. The standard InChI is InChI=1S/C15H25P/c1-2-3-4-5-6-7-8-11-14-12-9-10-13-15(14)16/h9-10,12-13H,2-8,11,16H2,1H3. The van der Waals surface area contributed by atoms with Crippen molar-refractivity contribution in [2.24, 2.45) is 0 Å². The third-order valence-electron chi connectivity index (χ3n) is 3.10. The molecule has 1 atom stereocenters. The van der Waals surface area contributed by atoms with Gasteiger partial charge in [-0.15, -0.1) is 9.24 Å². The maximum Gasteiger partial charge on any atom is -0.0271 e. The summed E-state index contributed by atoms with van der Waals surface area (Å²) in [6, 6.07) is 8.68. The Morgan fingerprint density at radius 3 is 2.19 bits per heavy atom. The Hall–Kier alpha value is -0.350. The summed E-state index contributed by atoms with van der Waals surface area (Å²) in [5.74, 6) is 0. The lowest BCUT2D eigenvalue weighted by atomic mass is 10.0. The van der Waals surface area contributed by atoms with Gasteiger partial charge in [0.25, 0.3) is 0 Å². The molecule has 0 nitrogen and oxygen atoms in total. The normalized spacial score (nSPS) is 10.6. The average molecular weight is 236 g/mol. The predicted molar refractivity (Wildman–Crippen MR) is 77.5 cm³/mol. The largest absolute Gasteiger partial charge is 0.105 e. The number of hydrogen-bond acceptors (Lipinski definition) is 0. The summed E-state index contributed by atoms with van der Waals surface area (Å²) in [6.07, 6.45) is 11.0. The summed E-state index contributed by atoms with van der Waals surface area (Å²) in [5, 5.41) is 1.37. The van der Waals surface area contributed by atoms with E-state index in [0.717, 1.165) is 0 Å². The molecule has 0 aromatic heterocycles. The minimum atomic E-state index is 1.24. The van der Waals surface area contributed by atoms with Gasteiger partial charge in [0.05, 0.1) is 0 Å². The summed E-state index contributed by atoms with van der Waals surface area (Å²) in [7, 11) is 2.83. The molecule has 1 rings (SSSR count). The van der Waals surface area contributed by atoms with Crippen molar-refractivity contribution in [2.45, 2.75) is 58.3 Å². The van der Waals surface area contributed by atoms with Gasteiger partial charge in [0.2, 0.25) is 0 Å². The Balaban J connectivity index is 2.05. The number of rotatable bonds is 8. The van der Waals surface area contributed by atoms with Crippen LogP contribution in [0.25, 0.3) is 0 Å². The van der Waals surface area contributed by atoms with E-state index in [4.69, 9.17) is 0 Å². The topological polar surface area (TPSA) is 0 Å². The van der Waals surface area contributed by atoms with E-state index in [1.165, 1.54) is 62.2 Å². The summed E-state index contributed by atoms with van der Waals surface area (Å²) in [4.78, 5) is 0. The van der Waals surface area contributed by atoms with E-state index in [0.29, 0.717) is 0 Å². The highest BCUT2D eigenvalue weighted by Gasteiger charge is 1.97. The van der Waals surface area contributed by atoms with Gasteiger partial charge in [-0.1, -0.05) is 69.7 Å². The molecule has 0 saturated carbocycles. The first-order valence-electron chi connectivity index (χ1n) is 6.68. The van der Waals surface area contributed by atoms with Gasteiger partial charge in [-0.05, 0) is 23.7 Å². The molecule has 0 bridgehead atoms. The number of unbranched alkanes of at least 4 members (excludes halogenated alkanes) is 6. The van der Waals surface area contributed by atoms with Crippen LogP contribution < -0.4 is 5.30 Å². The van der Waals surface area contributed by atoms with E-state index in [9.17, 15) is 0 Å². The molecule has 0 saturated heterocycles. The molecule has 0 fully saturated rings. The second-order valence-electron chi connectivity index (χ2n) is 4.57. The first-order chi connectivity index (χ1) is 7.84. The summed E-state index contributed by atoms with van der Waals surface area (Å²) in [6.45, 7) is 2.27.